The lowest BCUT2D eigenvalue weighted by molar-refractivity contribution is 0.145. The van der Waals surface area contributed by atoms with Gasteiger partial charge in [0.15, 0.2) is 0 Å². The van der Waals surface area contributed by atoms with Crippen LogP contribution >= 0.6 is 0 Å². The van der Waals surface area contributed by atoms with Crippen LogP contribution in [0, 0.1) is 11.8 Å². The third-order valence-electron chi connectivity index (χ3n) is 5.81. The summed E-state index contributed by atoms with van der Waals surface area (Å²) in [7, 11) is 1.65. The van der Waals surface area contributed by atoms with Crippen molar-refractivity contribution in [1.29, 1.82) is 0 Å². The van der Waals surface area contributed by atoms with E-state index in [4.69, 9.17) is 0 Å². The van der Waals surface area contributed by atoms with E-state index in [-0.39, 0.29) is 5.69 Å². The quantitative estimate of drug-likeness (QED) is 0.688. The van der Waals surface area contributed by atoms with Gasteiger partial charge in [-0.1, -0.05) is 26.0 Å². The topological polar surface area (TPSA) is 30.2 Å². The molecule has 5 heteroatoms. The van der Waals surface area contributed by atoms with Crippen LogP contribution in [0.5, 0.6) is 0 Å². The molecule has 0 amide bonds. The summed E-state index contributed by atoms with van der Waals surface area (Å²) in [5, 5.41) is 3.84. The molecule has 1 saturated carbocycles. The number of rotatable bonds is 4. The predicted octanol–water partition coefficient (Wildman–Crippen LogP) is 5.36. The first-order valence-corrected chi connectivity index (χ1v) is 8.96. The molecule has 2 bridgehead atoms. The van der Waals surface area contributed by atoms with Crippen LogP contribution in [-0.4, -0.2) is 16.0 Å². The van der Waals surface area contributed by atoms with Gasteiger partial charge >= 0.3 is 0 Å². The second-order valence-corrected chi connectivity index (χ2v) is 7.59. The molecule has 2 aliphatic carbocycles. The Kier molecular flexibility index (Phi) is 3.97. The molecule has 1 aromatic heterocycles. The molecular formula is C20H23F2N3. The number of halogens is 2. The number of aromatic nitrogens is 2. The number of hydrogen-bond donors (Lipinski definition) is 0. The molecule has 3 nitrogen and oxygen atoms in total. The minimum absolute atomic E-state index is 0.208. The molecule has 4 rings (SSSR count). The molecule has 0 saturated heterocycles. The van der Waals surface area contributed by atoms with E-state index < -0.39 is 6.43 Å². The Hall–Kier alpha value is -2.04. The number of fused-ring (bicyclic) bond motifs is 5. The van der Waals surface area contributed by atoms with Gasteiger partial charge in [-0.3, -0.25) is 9.67 Å². The Balaban J connectivity index is 1.71. The molecule has 0 radical (unpaired) electrons. The van der Waals surface area contributed by atoms with Crippen LogP contribution < -0.4 is 0 Å². The van der Waals surface area contributed by atoms with E-state index in [0.717, 1.165) is 5.69 Å². The summed E-state index contributed by atoms with van der Waals surface area (Å²) in [6.07, 6.45) is 3.01. The van der Waals surface area contributed by atoms with Gasteiger partial charge in [0, 0.05) is 25.0 Å². The van der Waals surface area contributed by atoms with Gasteiger partial charge in [-0.15, -0.1) is 0 Å². The standard InChI is InChI=1S/C20H23F2N3/c1-11(2)17-14-7-8-15(17)18-13(14)5-4-6-16(18)23-9-12-10-25(3)24-19(12)20(21)22/h4-6,9-11,14-15,17,20H,7-8H2,1-3H3/b23-9+. The molecule has 132 valence electrons. The zero-order valence-electron chi connectivity index (χ0n) is 14.8. The molecule has 2 aliphatic rings. The monoisotopic (exact) mass is 343 g/mol. The van der Waals surface area contributed by atoms with Crippen molar-refractivity contribution in [2.45, 2.75) is 45.0 Å². The summed E-state index contributed by atoms with van der Waals surface area (Å²) >= 11 is 0. The van der Waals surface area contributed by atoms with Gasteiger partial charge in [-0.25, -0.2) is 8.78 Å². The number of nitrogens with zero attached hydrogens (tertiary/aromatic N) is 3. The molecule has 0 aliphatic heterocycles. The Bertz CT molecular complexity index is 822. The minimum atomic E-state index is -2.59. The molecule has 1 heterocycles. The molecule has 0 spiro atoms. The Morgan fingerprint density at radius 1 is 1.24 bits per heavy atom. The van der Waals surface area contributed by atoms with Crippen molar-refractivity contribution in [3.63, 3.8) is 0 Å². The lowest BCUT2D eigenvalue weighted by Gasteiger charge is -2.20. The first-order chi connectivity index (χ1) is 12.0. The lowest BCUT2D eigenvalue weighted by Crippen LogP contribution is -2.11. The van der Waals surface area contributed by atoms with Crippen LogP contribution in [0.3, 0.4) is 0 Å². The number of aliphatic imine (C=N–C) groups is 1. The van der Waals surface area contributed by atoms with Crippen LogP contribution in [-0.2, 0) is 7.05 Å². The van der Waals surface area contributed by atoms with E-state index in [1.54, 1.807) is 19.5 Å². The van der Waals surface area contributed by atoms with E-state index in [2.05, 4.69) is 30.0 Å². The summed E-state index contributed by atoms with van der Waals surface area (Å²) in [6.45, 7) is 4.60. The van der Waals surface area contributed by atoms with Gasteiger partial charge in [-0.2, -0.15) is 5.10 Å². The van der Waals surface area contributed by atoms with E-state index >= 15 is 0 Å². The van der Waals surface area contributed by atoms with Crippen molar-refractivity contribution >= 4 is 11.9 Å². The fourth-order valence-electron chi connectivity index (χ4n) is 5.00. The fourth-order valence-corrected chi connectivity index (χ4v) is 5.00. The van der Waals surface area contributed by atoms with Crippen molar-refractivity contribution in [3.05, 3.63) is 46.8 Å². The minimum Gasteiger partial charge on any atom is -0.275 e. The highest BCUT2D eigenvalue weighted by Gasteiger charge is 2.47. The highest BCUT2D eigenvalue weighted by atomic mass is 19.3. The van der Waals surface area contributed by atoms with Gasteiger partial charge in [0.2, 0.25) is 0 Å². The second kappa shape index (κ2) is 6.04. The number of aryl methyl sites for hydroxylation is 1. The SMILES string of the molecule is CC(C)C1C2CCC1c1c(/N=C/c3cn(C)nc3C(F)F)cccc12. The van der Waals surface area contributed by atoms with E-state index in [1.807, 2.05) is 12.1 Å². The van der Waals surface area contributed by atoms with Gasteiger partial charge < -0.3 is 0 Å². The zero-order valence-corrected chi connectivity index (χ0v) is 14.8. The van der Waals surface area contributed by atoms with Crippen molar-refractivity contribution in [3.8, 4) is 0 Å². The van der Waals surface area contributed by atoms with Crippen molar-refractivity contribution in [2.24, 2.45) is 23.9 Å². The normalized spacial score (nSPS) is 24.8. The van der Waals surface area contributed by atoms with Gasteiger partial charge in [0.05, 0.1) is 5.69 Å². The highest BCUT2D eigenvalue weighted by Crippen LogP contribution is 2.61. The first kappa shape index (κ1) is 16.4. The Labute approximate surface area is 146 Å². The number of hydrogen-bond acceptors (Lipinski definition) is 2. The second-order valence-electron chi connectivity index (χ2n) is 7.59. The van der Waals surface area contributed by atoms with Gasteiger partial charge in [0.25, 0.3) is 6.43 Å². The average molecular weight is 343 g/mol. The molecular weight excluding hydrogens is 320 g/mol. The van der Waals surface area contributed by atoms with Crippen molar-refractivity contribution < 1.29 is 8.78 Å². The Morgan fingerprint density at radius 2 is 2.00 bits per heavy atom. The zero-order chi connectivity index (χ0) is 17.7. The maximum absolute atomic E-state index is 13.1. The third kappa shape index (κ3) is 2.60. The van der Waals surface area contributed by atoms with Gasteiger partial charge in [0.1, 0.15) is 5.69 Å². The highest BCUT2D eigenvalue weighted by molar-refractivity contribution is 5.84. The fraction of sp³-hybridized carbons (Fsp3) is 0.500. The van der Waals surface area contributed by atoms with Crippen LogP contribution in [0.15, 0.2) is 29.4 Å². The van der Waals surface area contributed by atoms with Crippen molar-refractivity contribution in [1.82, 2.24) is 9.78 Å². The Morgan fingerprint density at radius 3 is 2.72 bits per heavy atom. The third-order valence-corrected chi connectivity index (χ3v) is 5.81. The molecule has 1 fully saturated rings. The molecule has 3 atom stereocenters. The summed E-state index contributed by atoms with van der Waals surface area (Å²) in [5.41, 5.74) is 3.87. The van der Waals surface area contributed by atoms with Crippen LogP contribution in [0.1, 0.15) is 67.3 Å². The summed E-state index contributed by atoms with van der Waals surface area (Å²) in [4.78, 5) is 4.61. The number of benzene rings is 1. The molecule has 3 unspecified atom stereocenters. The summed E-state index contributed by atoms with van der Waals surface area (Å²) < 4.78 is 27.6. The molecule has 2 aromatic rings. The van der Waals surface area contributed by atoms with E-state index in [1.165, 1.54) is 28.7 Å². The maximum atomic E-state index is 13.1. The van der Waals surface area contributed by atoms with Gasteiger partial charge in [-0.05, 0) is 53.7 Å². The summed E-state index contributed by atoms with van der Waals surface area (Å²) in [5.74, 6) is 2.51. The van der Waals surface area contributed by atoms with E-state index in [0.29, 0.717) is 29.2 Å². The average Bonchev–Trinajstić information content (AvgIpc) is 3.24. The number of alkyl halides is 2. The molecule has 25 heavy (non-hydrogen) atoms. The lowest BCUT2D eigenvalue weighted by atomic mass is 9.85. The predicted molar refractivity (Wildman–Crippen MR) is 94.9 cm³/mol. The summed E-state index contributed by atoms with van der Waals surface area (Å²) in [6, 6.07) is 6.27. The maximum Gasteiger partial charge on any atom is 0.282 e. The van der Waals surface area contributed by atoms with Crippen LogP contribution in [0.2, 0.25) is 0 Å². The first-order valence-electron chi connectivity index (χ1n) is 8.96. The van der Waals surface area contributed by atoms with Crippen LogP contribution in [0.25, 0.3) is 0 Å². The smallest absolute Gasteiger partial charge is 0.275 e. The molecule has 0 N–H and O–H groups in total. The van der Waals surface area contributed by atoms with Crippen molar-refractivity contribution in [2.75, 3.05) is 0 Å². The molecule has 1 aromatic carbocycles. The van der Waals surface area contributed by atoms with Crippen LogP contribution in [0.4, 0.5) is 14.5 Å². The largest absolute Gasteiger partial charge is 0.282 e. The van der Waals surface area contributed by atoms with E-state index in [9.17, 15) is 8.78 Å².